The Balaban J connectivity index is 1.57. The molecule has 0 saturated carbocycles. The predicted molar refractivity (Wildman–Crippen MR) is 131 cm³/mol. The molecule has 4 rings (SSSR count). The van der Waals surface area contributed by atoms with Crippen molar-refractivity contribution >= 4 is 23.0 Å². The number of nitrogens with one attached hydrogen (secondary N) is 2. The molecule has 1 saturated heterocycles. The van der Waals surface area contributed by atoms with E-state index in [0.29, 0.717) is 0 Å². The van der Waals surface area contributed by atoms with Gasteiger partial charge >= 0.3 is 0 Å². The van der Waals surface area contributed by atoms with Crippen molar-refractivity contribution in [2.45, 2.75) is 45.8 Å². The van der Waals surface area contributed by atoms with Crippen LogP contribution in [0.2, 0.25) is 0 Å². The molecule has 1 aromatic carbocycles. The van der Waals surface area contributed by atoms with E-state index in [9.17, 15) is 0 Å². The van der Waals surface area contributed by atoms with Crippen molar-refractivity contribution in [2.24, 2.45) is 0 Å². The molecule has 162 valence electrons. The first-order chi connectivity index (χ1) is 15.1. The molecule has 2 aromatic heterocycles. The Labute approximate surface area is 190 Å². The minimum absolute atomic E-state index is 0.0431. The number of aromatic nitrogens is 2. The van der Waals surface area contributed by atoms with E-state index in [2.05, 4.69) is 82.3 Å². The largest absolute Gasteiger partial charge is 0.385 e. The standard InChI is InChI=1S/C25H31N5S/c1-4-29-18(2)17-21(19(29)3)24-23(22-13-8-9-14-27-22)28-25(31)30(24)16-10-15-26-20-11-6-5-7-12-20/h5-9,11-14,17,23-24,26H,4,10,15-16H2,1-3H3,(H,28,31). The Morgan fingerprint density at radius 3 is 2.55 bits per heavy atom. The van der Waals surface area contributed by atoms with E-state index in [1.54, 1.807) is 0 Å². The van der Waals surface area contributed by atoms with Gasteiger partial charge in [-0.1, -0.05) is 24.3 Å². The molecular formula is C25H31N5S. The van der Waals surface area contributed by atoms with Crippen LogP contribution in [0.1, 0.15) is 48.1 Å². The SMILES string of the molecule is CCn1c(C)cc(C2C(c3ccccn3)NC(=S)N2CCCNc2ccccc2)c1C. The number of pyridine rings is 1. The van der Waals surface area contributed by atoms with Crippen LogP contribution in [0.5, 0.6) is 0 Å². The van der Waals surface area contributed by atoms with Crippen LogP contribution >= 0.6 is 12.2 Å². The van der Waals surface area contributed by atoms with Gasteiger partial charge in [-0.05, 0) is 75.3 Å². The highest BCUT2D eigenvalue weighted by Crippen LogP contribution is 2.40. The first-order valence-corrected chi connectivity index (χ1v) is 11.4. The van der Waals surface area contributed by atoms with E-state index in [0.717, 1.165) is 42.5 Å². The highest BCUT2D eigenvalue weighted by molar-refractivity contribution is 7.80. The molecule has 1 aliphatic rings. The molecule has 1 aliphatic heterocycles. The number of nitrogens with zero attached hydrogens (tertiary/aromatic N) is 3. The third-order valence-corrected chi connectivity index (χ3v) is 6.48. The van der Waals surface area contributed by atoms with Crippen molar-refractivity contribution in [1.29, 1.82) is 0 Å². The molecule has 1 fully saturated rings. The summed E-state index contributed by atoms with van der Waals surface area (Å²) in [6.07, 6.45) is 2.85. The Kier molecular flexibility index (Phi) is 6.56. The number of benzene rings is 1. The van der Waals surface area contributed by atoms with Crippen LogP contribution in [0.15, 0.2) is 60.8 Å². The quantitative estimate of drug-likeness (QED) is 0.387. The number of anilines is 1. The highest BCUT2D eigenvalue weighted by atomic mass is 32.1. The first-order valence-electron chi connectivity index (χ1n) is 11.0. The maximum absolute atomic E-state index is 5.81. The molecule has 2 atom stereocenters. The molecule has 2 unspecified atom stereocenters. The summed E-state index contributed by atoms with van der Waals surface area (Å²) in [5.74, 6) is 0. The Morgan fingerprint density at radius 2 is 1.87 bits per heavy atom. The summed E-state index contributed by atoms with van der Waals surface area (Å²) in [6, 6.07) is 18.9. The normalized spacial score (nSPS) is 18.3. The third-order valence-electron chi connectivity index (χ3n) is 6.12. The lowest BCUT2D eigenvalue weighted by molar-refractivity contribution is 0.315. The maximum atomic E-state index is 5.81. The van der Waals surface area contributed by atoms with Crippen molar-refractivity contribution in [3.05, 3.63) is 83.4 Å². The second-order valence-corrected chi connectivity index (χ2v) is 8.42. The molecule has 0 radical (unpaired) electrons. The molecule has 0 bridgehead atoms. The second kappa shape index (κ2) is 9.52. The molecule has 6 heteroatoms. The third kappa shape index (κ3) is 4.44. The van der Waals surface area contributed by atoms with Crippen LogP contribution in [-0.4, -0.2) is 32.7 Å². The minimum Gasteiger partial charge on any atom is -0.385 e. The van der Waals surface area contributed by atoms with Crippen molar-refractivity contribution in [1.82, 2.24) is 19.8 Å². The second-order valence-electron chi connectivity index (χ2n) is 8.04. The first kappa shape index (κ1) is 21.4. The molecule has 31 heavy (non-hydrogen) atoms. The van der Waals surface area contributed by atoms with E-state index < -0.39 is 0 Å². The van der Waals surface area contributed by atoms with Crippen LogP contribution in [0.25, 0.3) is 0 Å². The maximum Gasteiger partial charge on any atom is 0.170 e. The average Bonchev–Trinajstić information content (AvgIpc) is 3.27. The summed E-state index contributed by atoms with van der Waals surface area (Å²) in [5, 5.41) is 7.88. The van der Waals surface area contributed by atoms with Crippen LogP contribution in [0, 0.1) is 13.8 Å². The minimum atomic E-state index is 0.0431. The van der Waals surface area contributed by atoms with Gasteiger partial charge in [-0.3, -0.25) is 4.98 Å². The molecule has 0 spiro atoms. The zero-order valence-corrected chi connectivity index (χ0v) is 19.3. The van der Waals surface area contributed by atoms with Gasteiger partial charge in [0.1, 0.15) is 0 Å². The molecule has 5 nitrogen and oxygen atoms in total. The Hall–Kier alpha value is -2.86. The van der Waals surface area contributed by atoms with Crippen LogP contribution in [0.4, 0.5) is 5.69 Å². The van der Waals surface area contributed by atoms with E-state index in [1.807, 2.05) is 24.4 Å². The monoisotopic (exact) mass is 433 g/mol. The average molecular weight is 434 g/mol. The fourth-order valence-corrected chi connectivity index (χ4v) is 4.97. The highest BCUT2D eigenvalue weighted by Gasteiger charge is 2.40. The lowest BCUT2D eigenvalue weighted by Crippen LogP contribution is -2.31. The number of para-hydroxylation sites is 1. The van der Waals surface area contributed by atoms with Gasteiger partial charge in [0, 0.05) is 42.9 Å². The van der Waals surface area contributed by atoms with Gasteiger partial charge in [0.15, 0.2) is 5.11 Å². The molecule has 3 heterocycles. The van der Waals surface area contributed by atoms with Gasteiger partial charge in [-0.25, -0.2) is 0 Å². The van der Waals surface area contributed by atoms with Gasteiger partial charge in [0.05, 0.1) is 17.8 Å². The Bertz CT molecular complexity index is 1020. The lowest BCUT2D eigenvalue weighted by atomic mass is 9.96. The van der Waals surface area contributed by atoms with Gasteiger partial charge in [0.2, 0.25) is 0 Å². The van der Waals surface area contributed by atoms with Gasteiger partial charge in [0.25, 0.3) is 0 Å². The smallest absolute Gasteiger partial charge is 0.170 e. The van der Waals surface area contributed by atoms with Crippen molar-refractivity contribution in [3.8, 4) is 0 Å². The van der Waals surface area contributed by atoms with E-state index in [-0.39, 0.29) is 12.1 Å². The zero-order chi connectivity index (χ0) is 21.8. The fraction of sp³-hybridized carbons (Fsp3) is 0.360. The summed E-state index contributed by atoms with van der Waals surface area (Å²) in [5.41, 5.74) is 6.11. The van der Waals surface area contributed by atoms with Gasteiger partial charge < -0.3 is 20.1 Å². The topological polar surface area (TPSA) is 45.1 Å². The lowest BCUT2D eigenvalue weighted by Gasteiger charge is -2.28. The van der Waals surface area contributed by atoms with E-state index in [4.69, 9.17) is 12.2 Å². The molecule has 2 N–H and O–H groups in total. The number of rotatable bonds is 8. The number of aryl methyl sites for hydroxylation is 1. The van der Waals surface area contributed by atoms with E-state index >= 15 is 0 Å². The number of hydrogen-bond donors (Lipinski definition) is 2. The molecule has 0 amide bonds. The zero-order valence-electron chi connectivity index (χ0n) is 18.5. The van der Waals surface area contributed by atoms with E-state index in [1.165, 1.54) is 17.0 Å². The summed E-state index contributed by atoms with van der Waals surface area (Å²) >= 11 is 5.81. The molecule has 0 aliphatic carbocycles. The summed E-state index contributed by atoms with van der Waals surface area (Å²) in [6.45, 7) is 9.36. The number of hydrogen-bond acceptors (Lipinski definition) is 3. The number of thiocarbonyl (C=S) groups is 1. The van der Waals surface area contributed by atoms with Crippen LogP contribution in [0.3, 0.4) is 0 Å². The molecular weight excluding hydrogens is 402 g/mol. The van der Waals surface area contributed by atoms with Crippen molar-refractivity contribution in [2.75, 3.05) is 18.4 Å². The summed E-state index contributed by atoms with van der Waals surface area (Å²) in [7, 11) is 0. The van der Waals surface area contributed by atoms with Crippen molar-refractivity contribution < 1.29 is 0 Å². The van der Waals surface area contributed by atoms with Crippen LogP contribution < -0.4 is 10.6 Å². The Morgan fingerprint density at radius 1 is 1.10 bits per heavy atom. The van der Waals surface area contributed by atoms with Gasteiger partial charge in [-0.15, -0.1) is 0 Å². The summed E-state index contributed by atoms with van der Waals surface area (Å²) < 4.78 is 2.38. The van der Waals surface area contributed by atoms with Crippen LogP contribution in [-0.2, 0) is 6.54 Å². The summed E-state index contributed by atoms with van der Waals surface area (Å²) in [4.78, 5) is 7.00. The van der Waals surface area contributed by atoms with Gasteiger partial charge in [-0.2, -0.15) is 0 Å². The fourth-order valence-electron chi connectivity index (χ4n) is 4.64. The molecule has 3 aromatic rings. The predicted octanol–water partition coefficient (Wildman–Crippen LogP) is 4.99. The van der Waals surface area contributed by atoms with Crippen molar-refractivity contribution in [3.63, 3.8) is 0 Å².